The average molecular weight is 277 g/mol. The number of nitrogens with one attached hydrogen (secondary N) is 1. The molecule has 2 aliphatic carbocycles. The summed E-state index contributed by atoms with van der Waals surface area (Å²) in [6.45, 7) is 0. The van der Waals surface area contributed by atoms with Crippen molar-refractivity contribution >= 4 is 11.8 Å². The molecule has 0 aromatic heterocycles. The van der Waals surface area contributed by atoms with E-state index in [-0.39, 0.29) is 23.1 Å². The summed E-state index contributed by atoms with van der Waals surface area (Å²) < 4.78 is 0. The molecular weight excluding hydrogens is 250 g/mol. The third-order valence-corrected chi connectivity index (χ3v) is 5.94. The molecule has 0 radical (unpaired) electrons. The molecule has 20 heavy (non-hydrogen) atoms. The first-order chi connectivity index (χ1) is 9.71. The van der Waals surface area contributed by atoms with Crippen LogP contribution in [0.5, 0.6) is 0 Å². The topological polar surface area (TPSA) is 46.2 Å². The molecule has 1 aliphatic heterocycles. The van der Waals surface area contributed by atoms with Gasteiger partial charge in [0.2, 0.25) is 11.8 Å². The second-order valence-electron chi connectivity index (χ2n) is 7.24. The summed E-state index contributed by atoms with van der Waals surface area (Å²) in [7, 11) is 0. The first-order valence-electron chi connectivity index (χ1n) is 8.55. The van der Waals surface area contributed by atoms with Gasteiger partial charge in [-0.25, -0.2) is 0 Å². The summed E-state index contributed by atoms with van der Waals surface area (Å²) in [4.78, 5) is 24.5. The number of hydrogen-bond donors (Lipinski definition) is 1. The van der Waals surface area contributed by atoms with Crippen molar-refractivity contribution in [3.63, 3.8) is 0 Å². The van der Waals surface area contributed by atoms with E-state index in [1.807, 2.05) is 0 Å². The van der Waals surface area contributed by atoms with E-state index in [9.17, 15) is 9.59 Å². The Balaban J connectivity index is 1.87. The fraction of sp³-hybridized carbons (Fsp3) is 0.882. The number of amides is 2. The van der Waals surface area contributed by atoms with Gasteiger partial charge in [0.1, 0.15) is 0 Å². The van der Waals surface area contributed by atoms with Gasteiger partial charge in [0.05, 0.1) is 0 Å². The molecule has 0 aromatic carbocycles. The van der Waals surface area contributed by atoms with Crippen molar-refractivity contribution in [1.29, 1.82) is 0 Å². The van der Waals surface area contributed by atoms with E-state index < -0.39 is 0 Å². The quantitative estimate of drug-likeness (QED) is 0.745. The number of carbonyl (C=O) groups excluding carboxylic acids is 2. The zero-order valence-corrected chi connectivity index (χ0v) is 12.5. The Hall–Kier alpha value is -0.860. The van der Waals surface area contributed by atoms with Crippen LogP contribution in [-0.2, 0) is 9.59 Å². The van der Waals surface area contributed by atoms with Crippen molar-refractivity contribution in [1.82, 2.24) is 5.32 Å². The molecule has 3 heteroatoms. The molecule has 1 N–H and O–H groups in total. The van der Waals surface area contributed by atoms with Crippen LogP contribution in [0.2, 0.25) is 0 Å². The van der Waals surface area contributed by atoms with Crippen LogP contribution in [0.15, 0.2) is 0 Å². The molecule has 1 unspecified atom stereocenters. The molecule has 1 saturated heterocycles. The maximum Gasteiger partial charge on any atom is 0.230 e. The SMILES string of the molecule is O=C1CC2(CCCCCCC2)C(C2CCCC2)C(=O)N1. The standard InChI is InChI=1S/C17H27NO2/c19-14-12-17(10-6-2-1-3-7-11-17)15(16(20)18-14)13-8-4-5-9-13/h13,15H,1-12H2,(H,18,19,20). The van der Waals surface area contributed by atoms with Crippen molar-refractivity contribution in [2.24, 2.45) is 17.3 Å². The highest BCUT2D eigenvalue weighted by Crippen LogP contribution is 2.51. The van der Waals surface area contributed by atoms with Gasteiger partial charge in [0.25, 0.3) is 0 Å². The normalized spacial score (nSPS) is 31.9. The molecule has 0 aromatic rings. The Bertz CT molecular complexity index is 376. The van der Waals surface area contributed by atoms with Gasteiger partial charge in [-0.1, -0.05) is 44.9 Å². The van der Waals surface area contributed by atoms with Gasteiger partial charge in [-0.3, -0.25) is 14.9 Å². The van der Waals surface area contributed by atoms with Gasteiger partial charge in [-0.15, -0.1) is 0 Å². The Morgan fingerprint density at radius 2 is 1.45 bits per heavy atom. The summed E-state index contributed by atoms with van der Waals surface area (Å²) >= 11 is 0. The van der Waals surface area contributed by atoms with Crippen LogP contribution in [0, 0.1) is 17.3 Å². The summed E-state index contributed by atoms with van der Waals surface area (Å²) in [6.07, 6.45) is 13.9. The lowest BCUT2D eigenvalue weighted by Crippen LogP contribution is -2.54. The van der Waals surface area contributed by atoms with Gasteiger partial charge in [-0.05, 0) is 37.0 Å². The Kier molecular flexibility index (Phi) is 4.13. The van der Waals surface area contributed by atoms with E-state index in [2.05, 4.69) is 5.32 Å². The molecule has 3 rings (SSSR count). The van der Waals surface area contributed by atoms with Gasteiger partial charge >= 0.3 is 0 Å². The number of carbonyl (C=O) groups is 2. The Labute approximate surface area is 121 Å². The molecule has 2 saturated carbocycles. The predicted octanol–water partition coefficient (Wildman–Crippen LogP) is 3.57. The molecule has 2 amide bonds. The Morgan fingerprint density at radius 1 is 0.850 bits per heavy atom. The second-order valence-corrected chi connectivity index (χ2v) is 7.24. The van der Waals surface area contributed by atoms with Gasteiger partial charge in [-0.2, -0.15) is 0 Å². The lowest BCUT2D eigenvalue weighted by atomic mass is 9.59. The van der Waals surface area contributed by atoms with Crippen molar-refractivity contribution in [3.05, 3.63) is 0 Å². The third kappa shape index (κ3) is 2.64. The molecular formula is C17H27NO2. The molecule has 3 fully saturated rings. The summed E-state index contributed by atoms with van der Waals surface area (Å²) in [6, 6.07) is 0. The lowest BCUT2D eigenvalue weighted by Gasteiger charge is -2.46. The van der Waals surface area contributed by atoms with Crippen molar-refractivity contribution in [3.8, 4) is 0 Å². The minimum atomic E-state index is -0.0233. The van der Waals surface area contributed by atoms with Crippen molar-refractivity contribution in [2.45, 2.75) is 77.0 Å². The van der Waals surface area contributed by atoms with Gasteiger partial charge in [0.15, 0.2) is 0 Å². The highest BCUT2D eigenvalue weighted by molar-refractivity contribution is 5.99. The first-order valence-corrected chi connectivity index (χ1v) is 8.55. The largest absolute Gasteiger partial charge is 0.296 e. The van der Waals surface area contributed by atoms with E-state index in [1.165, 1.54) is 57.8 Å². The monoisotopic (exact) mass is 277 g/mol. The fourth-order valence-electron chi connectivity index (χ4n) is 5.07. The molecule has 1 atom stereocenters. The maximum atomic E-state index is 12.5. The molecule has 112 valence electrons. The number of hydrogen-bond acceptors (Lipinski definition) is 2. The van der Waals surface area contributed by atoms with Crippen LogP contribution in [0.1, 0.15) is 77.0 Å². The van der Waals surface area contributed by atoms with E-state index in [0.717, 1.165) is 12.8 Å². The molecule has 0 bridgehead atoms. The predicted molar refractivity (Wildman–Crippen MR) is 78.0 cm³/mol. The van der Waals surface area contributed by atoms with Crippen molar-refractivity contribution < 1.29 is 9.59 Å². The van der Waals surface area contributed by atoms with Crippen LogP contribution in [0.4, 0.5) is 0 Å². The molecule has 3 nitrogen and oxygen atoms in total. The second kappa shape index (κ2) is 5.87. The third-order valence-electron chi connectivity index (χ3n) is 5.94. The number of piperidine rings is 1. The van der Waals surface area contributed by atoms with Gasteiger partial charge in [0, 0.05) is 12.3 Å². The zero-order chi connectivity index (χ0) is 14.0. The van der Waals surface area contributed by atoms with Crippen LogP contribution >= 0.6 is 0 Å². The maximum absolute atomic E-state index is 12.5. The van der Waals surface area contributed by atoms with E-state index >= 15 is 0 Å². The highest BCUT2D eigenvalue weighted by atomic mass is 16.2. The van der Waals surface area contributed by atoms with E-state index in [1.54, 1.807) is 0 Å². The summed E-state index contributed by atoms with van der Waals surface area (Å²) in [5.41, 5.74) is -0.00512. The molecule has 1 heterocycles. The smallest absolute Gasteiger partial charge is 0.230 e. The van der Waals surface area contributed by atoms with Crippen LogP contribution in [-0.4, -0.2) is 11.8 Å². The fourth-order valence-corrected chi connectivity index (χ4v) is 5.07. The lowest BCUT2D eigenvalue weighted by molar-refractivity contribution is -0.147. The van der Waals surface area contributed by atoms with Crippen LogP contribution < -0.4 is 5.32 Å². The Morgan fingerprint density at radius 3 is 2.10 bits per heavy atom. The minimum absolute atomic E-state index is 0.00512. The molecule has 1 spiro atoms. The summed E-state index contributed by atoms with van der Waals surface area (Å²) in [5.74, 6) is 0.668. The zero-order valence-electron chi connectivity index (χ0n) is 12.5. The van der Waals surface area contributed by atoms with Crippen LogP contribution in [0.3, 0.4) is 0 Å². The molecule has 3 aliphatic rings. The van der Waals surface area contributed by atoms with Crippen molar-refractivity contribution in [2.75, 3.05) is 0 Å². The average Bonchev–Trinajstić information content (AvgIpc) is 2.87. The van der Waals surface area contributed by atoms with E-state index in [4.69, 9.17) is 0 Å². The first kappa shape index (κ1) is 14.1. The minimum Gasteiger partial charge on any atom is -0.296 e. The summed E-state index contributed by atoms with van der Waals surface area (Å²) in [5, 5.41) is 2.64. The highest BCUT2D eigenvalue weighted by Gasteiger charge is 2.51. The number of rotatable bonds is 1. The van der Waals surface area contributed by atoms with E-state index in [0.29, 0.717) is 12.3 Å². The van der Waals surface area contributed by atoms with Gasteiger partial charge < -0.3 is 0 Å². The van der Waals surface area contributed by atoms with Crippen LogP contribution in [0.25, 0.3) is 0 Å². The number of imide groups is 1.